The van der Waals surface area contributed by atoms with Crippen LogP contribution >= 0.6 is 11.3 Å². The lowest BCUT2D eigenvalue weighted by molar-refractivity contribution is 0.569. The second-order valence-corrected chi connectivity index (χ2v) is 5.44. The standard InChI is InChI=1S/C14H14FNS/c1-9-8-10(15)2-3-11(9)14-12-5-7-17-13(12)4-6-16-14/h2-3,5,7-8,14,16H,4,6H2,1H3. The molecule has 1 aromatic heterocycles. The van der Waals surface area contributed by atoms with Crippen molar-refractivity contribution in [1.29, 1.82) is 0 Å². The van der Waals surface area contributed by atoms with Crippen LogP contribution in [0.15, 0.2) is 29.6 Å². The van der Waals surface area contributed by atoms with Gasteiger partial charge in [0.2, 0.25) is 0 Å². The highest BCUT2D eigenvalue weighted by molar-refractivity contribution is 7.10. The molecule has 2 heterocycles. The van der Waals surface area contributed by atoms with Crippen LogP contribution in [0.4, 0.5) is 4.39 Å². The van der Waals surface area contributed by atoms with Gasteiger partial charge >= 0.3 is 0 Å². The van der Waals surface area contributed by atoms with Gasteiger partial charge in [0, 0.05) is 11.4 Å². The van der Waals surface area contributed by atoms with E-state index >= 15 is 0 Å². The Kier molecular flexibility index (Phi) is 2.73. The molecule has 1 aliphatic rings. The minimum Gasteiger partial charge on any atom is -0.306 e. The third-order valence-corrected chi connectivity index (χ3v) is 4.33. The predicted octanol–water partition coefficient (Wildman–Crippen LogP) is 3.43. The Bertz CT molecular complexity index is 547. The van der Waals surface area contributed by atoms with E-state index in [0.717, 1.165) is 18.5 Å². The molecule has 3 rings (SSSR count). The lowest BCUT2D eigenvalue weighted by atomic mass is 9.92. The SMILES string of the molecule is Cc1cc(F)ccc1C1NCCc2sccc21. The quantitative estimate of drug-likeness (QED) is 0.814. The smallest absolute Gasteiger partial charge is 0.123 e. The van der Waals surface area contributed by atoms with Crippen LogP contribution < -0.4 is 5.32 Å². The fourth-order valence-corrected chi connectivity index (χ4v) is 3.41. The fourth-order valence-electron chi connectivity index (χ4n) is 2.49. The van der Waals surface area contributed by atoms with E-state index in [4.69, 9.17) is 0 Å². The van der Waals surface area contributed by atoms with Gasteiger partial charge in [0.25, 0.3) is 0 Å². The molecule has 1 aromatic carbocycles. The monoisotopic (exact) mass is 247 g/mol. The first-order valence-electron chi connectivity index (χ1n) is 5.81. The zero-order chi connectivity index (χ0) is 11.8. The Morgan fingerprint density at radius 1 is 1.29 bits per heavy atom. The molecule has 0 saturated carbocycles. The highest BCUT2D eigenvalue weighted by atomic mass is 32.1. The van der Waals surface area contributed by atoms with Crippen LogP contribution in [0.3, 0.4) is 0 Å². The molecule has 2 aromatic rings. The van der Waals surface area contributed by atoms with E-state index in [-0.39, 0.29) is 11.9 Å². The lowest BCUT2D eigenvalue weighted by Crippen LogP contribution is -2.29. The van der Waals surface area contributed by atoms with Gasteiger partial charge in [-0.15, -0.1) is 11.3 Å². The zero-order valence-corrected chi connectivity index (χ0v) is 10.5. The molecule has 0 aliphatic carbocycles. The van der Waals surface area contributed by atoms with Crippen molar-refractivity contribution in [3.63, 3.8) is 0 Å². The van der Waals surface area contributed by atoms with Crippen molar-refractivity contribution in [2.24, 2.45) is 0 Å². The Hall–Kier alpha value is -1.19. The summed E-state index contributed by atoms with van der Waals surface area (Å²) in [7, 11) is 0. The van der Waals surface area contributed by atoms with Gasteiger partial charge in [-0.2, -0.15) is 0 Å². The number of hydrogen-bond acceptors (Lipinski definition) is 2. The van der Waals surface area contributed by atoms with Crippen molar-refractivity contribution < 1.29 is 4.39 Å². The number of aryl methyl sites for hydroxylation is 1. The molecular formula is C14H14FNS. The average molecular weight is 247 g/mol. The highest BCUT2D eigenvalue weighted by Gasteiger charge is 2.23. The maximum absolute atomic E-state index is 13.1. The molecule has 0 fully saturated rings. The van der Waals surface area contributed by atoms with Gasteiger partial charge in [-0.05, 0) is 53.6 Å². The molecule has 88 valence electrons. The van der Waals surface area contributed by atoms with Gasteiger partial charge < -0.3 is 5.32 Å². The summed E-state index contributed by atoms with van der Waals surface area (Å²) in [4.78, 5) is 1.46. The van der Waals surface area contributed by atoms with E-state index in [9.17, 15) is 4.39 Å². The number of thiophene rings is 1. The molecule has 0 bridgehead atoms. The molecule has 0 spiro atoms. The second-order valence-electron chi connectivity index (χ2n) is 4.44. The van der Waals surface area contributed by atoms with E-state index in [1.807, 2.05) is 24.3 Å². The molecule has 3 heteroatoms. The summed E-state index contributed by atoms with van der Waals surface area (Å²) in [5, 5.41) is 5.66. The number of rotatable bonds is 1. The lowest BCUT2D eigenvalue weighted by Gasteiger charge is -2.26. The number of hydrogen-bond donors (Lipinski definition) is 1. The molecular weight excluding hydrogens is 233 g/mol. The second kappa shape index (κ2) is 4.24. The normalized spacial score (nSPS) is 19.1. The molecule has 1 unspecified atom stereocenters. The van der Waals surface area contributed by atoms with Crippen LogP contribution in [0.5, 0.6) is 0 Å². The van der Waals surface area contributed by atoms with Crippen LogP contribution in [0.2, 0.25) is 0 Å². The summed E-state index contributed by atoms with van der Waals surface area (Å²) in [6.07, 6.45) is 1.10. The van der Waals surface area contributed by atoms with Crippen LogP contribution in [-0.2, 0) is 6.42 Å². The van der Waals surface area contributed by atoms with Gasteiger partial charge in [-0.1, -0.05) is 6.07 Å². The highest BCUT2D eigenvalue weighted by Crippen LogP contribution is 2.33. The van der Waals surface area contributed by atoms with Gasteiger partial charge in [0.05, 0.1) is 6.04 Å². The third kappa shape index (κ3) is 1.90. The van der Waals surface area contributed by atoms with Crippen molar-refractivity contribution in [2.45, 2.75) is 19.4 Å². The van der Waals surface area contributed by atoms with Crippen molar-refractivity contribution in [3.05, 3.63) is 57.0 Å². The summed E-state index contributed by atoms with van der Waals surface area (Å²) in [5.74, 6) is -0.160. The first-order valence-corrected chi connectivity index (χ1v) is 6.69. The third-order valence-electron chi connectivity index (χ3n) is 3.33. The van der Waals surface area contributed by atoms with Gasteiger partial charge in [-0.3, -0.25) is 0 Å². The van der Waals surface area contributed by atoms with Gasteiger partial charge in [0.15, 0.2) is 0 Å². The number of fused-ring (bicyclic) bond motifs is 1. The summed E-state index contributed by atoms with van der Waals surface area (Å²) in [6, 6.07) is 7.46. The average Bonchev–Trinajstić information content (AvgIpc) is 2.77. The molecule has 1 aliphatic heterocycles. The molecule has 0 amide bonds. The van der Waals surface area contributed by atoms with E-state index in [0.29, 0.717) is 0 Å². The minimum absolute atomic E-state index is 0.160. The van der Waals surface area contributed by atoms with Crippen molar-refractivity contribution in [1.82, 2.24) is 5.32 Å². The Labute approximate surface area is 104 Å². The molecule has 1 N–H and O–H groups in total. The maximum Gasteiger partial charge on any atom is 0.123 e. The first-order chi connectivity index (χ1) is 8.25. The van der Waals surface area contributed by atoms with Crippen LogP contribution in [0, 0.1) is 12.7 Å². The van der Waals surface area contributed by atoms with E-state index in [1.54, 1.807) is 12.1 Å². The first kappa shape index (κ1) is 10.9. The van der Waals surface area contributed by atoms with Gasteiger partial charge in [-0.25, -0.2) is 4.39 Å². The Morgan fingerprint density at radius 2 is 2.18 bits per heavy atom. The summed E-state index contributed by atoms with van der Waals surface area (Å²) < 4.78 is 13.1. The topological polar surface area (TPSA) is 12.0 Å². The molecule has 1 atom stereocenters. The number of nitrogens with one attached hydrogen (secondary N) is 1. The van der Waals surface area contributed by atoms with Crippen LogP contribution in [0.1, 0.15) is 27.6 Å². The Morgan fingerprint density at radius 3 is 3.00 bits per heavy atom. The fraction of sp³-hybridized carbons (Fsp3) is 0.286. The summed E-state index contributed by atoms with van der Waals surface area (Å²) in [6.45, 7) is 2.97. The van der Waals surface area contributed by atoms with Crippen LogP contribution in [0.25, 0.3) is 0 Å². The summed E-state index contributed by atoms with van der Waals surface area (Å²) >= 11 is 1.82. The molecule has 0 radical (unpaired) electrons. The predicted molar refractivity (Wildman–Crippen MR) is 69.0 cm³/mol. The molecule has 0 saturated heterocycles. The maximum atomic E-state index is 13.1. The summed E-state index contributed by atoms with van der Waals surface area (Å²) in [5.41, 5.74) is 3.56. The van der Waals surface area contributed by atoms with E-state index in [1.165, 1.54) is 16.0 Å². The number of halogens is 1. The van der Waals surface area contributed by atoms with Crippen LogP contribution in [-0.4, -0.2) is 6.54 Å². The van der Waals surface area contributed by atoms with Crippen molar-refractivity contribution >= 4 is 11.3 Å². The minimum atomic E-state index is -0.160. The number of benzene rings is 1. The Balaban J connectivity index is 2.06. The van der Waals surface area contributed by atoms with E-state index in [2.05, 4.69) is 16.8 Å². The van der Waals surface area contributed by atoms with E-state index < -0.39 is 0 Å². The largest absolute Gasteiger partial charge is 0.306 e. The van der Waals surface area contributed by atoms with Gasteiger partial charge in [0.1, 0.15) is 5.82 Å². The molecule has 1 nitrogen and oxygen atoms in total. The zero-order valence-electron chi connectivity index (χ0n) is 9.66. The van der Waals surface area contributed by atoms with Crippen molar-refractivity contribution in [2.75, 3.05) is 6.54 Å². The molecule has 17 heavy (non-hydrogen) atoms. The van der Waals surface area contributed by atoms with Crippen molar-refractivity contribution in [3.8, 4) is 0 Å².